The molecule has 1 atom stereocenters. The molecule has 1 heterocycles. The van der Waals surface area contributed by atoms with Crippen molar-refractivity contribution in [3.05, 3.63) is 34.1 Å². The number of amides is 2. The number of hydrogen-bond acceptors (Lipinski definition) is 3. The number of piperazine rings is 1. The van der Waals surface area contributed by atoms with E-state index >= 15 is 0 Å². The maximum atomic E-state index is 13.6. The Morgan fingerprint density at radius 1 is 1.32 bits per heavy atom. The van der Waals surface area contributed by atoms with Crippen LogP contribution in [-0.4, -0.2) is 53.1 Å². The zero-order valence-electron chi connectivity index (χ0n) is 15.0. The first-order valence-corrected chi connectivity index (χ1v) is 9.07. The lowest BCUT2D eigenvalue weighted by Gasteiger charge is -2.40. The second-order valence-corrected chi connectivity index (χ2v) is 8.14. The van der Waals surface area contributed by atoms with Crippen molar-refractivity contribution in [3.8, 4) is 0 Å². The van der Waals surface area contributed by atoms with Gasteiger partial charge in [-0.25, -0.2) is 9.18 Å². The van der Waals surface area contributed by atoms with Crippen molar-refractivity contribution >= 4 is 27.9 Å². The molecule has 0 saturated carbocycles. The molecule has 0 aliphatic carbocycles. The third-order valence-corrected chi connectivity index (χ3v) is 4.59. The minimum absolute atomic E-state index is 0.0718. The van der Waals surface area contributed by atoms with Crippen LogP contribution in [0.2, 0.25) is 0 Å². The van der Waals surface area contributed by atoms with Gasteiger partial charge in [-0.2, -0.15) is 0 Å². The molecule has 1 aliphatic rings. The van der Waals surface area contributed by atoms with Crippen molar-refractivity contribution in [2.75, 3.05) is 19.6 Å². The van der Waals surface area contributed by atoms with Crippen LogP contribution in [-0.2, 0) is 16.0 Å². The van der Waals surface area contributed by atoms with E-state index in [1.807, 2.05) is 27.7 Å². The fourth-order valence-electron chi connectivity index (χ4n) is 2.71. The first kappa shape index (κ1) is 19.7. The number of benzene rings is 1. The molecule has 1 aromatic rings. The van der Waals surface area contributed by atoms with Crippen LogP contribution in [0.1, 0.15) is 33.3 Å². The average Bonchev–Trinajstić information content (AvgIpc) is 2.49. The lowest BCUT2D eigenvalue weighted by atomic mass is 10.1. The maximum Gasteiger partial charge on any atom is 0.410 e. The topological polar surface area (TPSA) is 49.9 Å². The summed E-state index contributed by atoms with van der Waals surface area (Å²) in [6, 6.07) is 4.56. The van der Waals surface area contributed by atoms with Crippen LogP contribution in [0.3, 0.4) is 0 Å². The molecular formula is C18H24BrFN2O3. The van der Waals surface area contributed by atoms with E-state index in [1.54, 1.807) is 21.9 Å². The molecule has 2 rings (SSSR count). The zero-order valence-corrected chi connectivity index (χ0v) is 16.6. The third kappa shape index (κ3) is 5.42. The van der Waals surface area contributed by atoms with Gasteiger partial charge in [0.1, 0.15) is 11.4 Å². The molecule has 1 saturated heterocycles. The molecule has 1 aliphatic heterocycles. The highest BCUT2D eigenvalue weighted by molar-refractivity contribution is 9.10. The average molecular weight is 415 g/mol. The molecule has 0 radical (unpaired) electrons. The summed E-state index contributed by atoms with van der Waals surface area (Å²) in [5.74, 6) is -0.453. The van der Waals surface area contributed by atoms with E-state index in [1.165, 1.54) is 6.07 Å². The Morgan fingerprint density at radius 3 is 2.56 bits per heavy atom. The second kappa shape index (κ2) is 7.72. The summed E-state index contributed by atoms with van der Waals surface area (Å²) >= 11 is 3.10. The van der Waals surface area contributed by atoms with Crippen LogP contribution in [0, 0.1) is 5.82 Å². The SMILES string of the molecule is C[C@H]1CN(C(=O)Cc2ccc(Br)c(F)c2)CCN1C(=O)OC(C)(C)C. The predicted molar refractivity (Wildman–Crippen MR) is 96.8 cm³/mol. The van der Waals surface area contributed by atoms with E-state index in [0.29, 0.717) is 29.7 Å². The van der Waals surface area contributed by atoms with Gasteiger partial charge in [-0.3, -0.25) is 4.79 Å². The quantitative estimate of drug-likeness (QED) is 0.742. The van der Waals surface area contributed by atoms with Gasteiger partial charge in [0.25, 0.3) is 0 Å². The van der Waals surface area contributed by atoms with Crippen molar-refractivity contribution in [1.29, 1.82) is 0 Å². The van der Waals surface area contributed by atoms with Crippen molar-refractivity contribution in [2.45, 2.75) is 45.8 Å². The molecule has 7 heteroatoms. The van der Waals surface area contributed by atoms with Gasteiger partial charge in [0, 0.05) is 25.7 Å². The fourth-order valence-corrected chi connectivity index (χ4v) is 2.96. The minimum Gasteiger partial charge on any atom is -0.444 e. The molecule has 2 amide bonds. The number of nitrogens with zero attached hydrogens (tertiary/aromatic N) is 2. The zero-order chi connectivity index (χ0) is 18.8. The van der Waals surface area contributed by atoms with E-state index in [-0.39, 0.29) is 30.3 Å². The Morgan fingerprint density at radius 2 is 2.00 bits per heavy atom. The first-order chi connectivity index (χ1) is 11.6. The lowest BCUT2D eigenvalue weighted by molar-refractivity contribution is -0.133. The Labute approximate surface area is 156 Å². The van der Waals surface area contributed by atoms with E-state index in [9.17, 15) is 14.0 Å². The first-order valence-electron chi connectivity index (χ1n) is 8.28. The summed E-state index contributed by atoms with van der Waals surface area (Å²) in [6.07, 6.45) is -0.217. The predicted octanol–water partition coefficient (Wildman–Crippen LogP) is 3.60. The van der Waals surface area contributed by atoms with Gasteiger partial charge in [0.05, 0.1) is 10.9 Å². The van der Waals surface area contributed by atoms with Crippen LogP contribution in [0.25, 0.3) is 0 Å². The smallest absolute Gasteiger partial charge is 0.410 e. The van der Waals surface area contributed by atoms with Gasteiger partial charge in [0.2, 0.25) is 5.91 Å². The van der Waals surface area contributed by atoms with Gasteiger partial charge in [-0.05, 0) is 61.3 Å². The Balaban J connectivity index is 1.94. The summed E-state index contributed by atoms with van der Waals surface area (Å²) in [5, 5.41) is 0. The molecule has 1 fully saturated rings. The van der Waals surface area contributed by atoms with E-state index in [4.69, 9.17) is 4.74 Å². The van der Waals surface area contributed by atoms with Crippen LogP contribution >= 0.6 is 15.9 Å². The van der Waals surface area contributed by atoms with Crippen molar-refractivity contribution in [1.82, 2.24) is 9.80 Å². The van der Waals surface area contributed by atoms with Crippen molar-refractivity contribution < 1.29 is 18.7 Å². The monoisotopic (exact) mass is 414 g/mol. The molecule has 138 valence electrons. The third-order valence-electron chi connectivity index (χ3n) is 3.95. The molecule has 25 heavy (non-hydrogen) atoms. The highest BCUT2D eigenvalue weighted by Gasteiger charge is 2.32. The summed E-state index contributed by atoms with van der Waals surface area (Å²) in [4.78, 5) is 28.0. The minimum atomic E-state index is -0.546. The largest absolute Gasteiger partial charge is 0.444 e. The number of halogens is 2. The second-order valence-electron chi connectivity index (χ2n) is 7.29. The number of carbonyl (C=O) groups excluding carboxylic acids is 2. The molecule has 0 unspecified atom stereocenters. The van der Waals surface area contributed by atoms with Gasteiger partial charge in [0.15, 0.2) is 0 Å². The van der Waals surface area contributed by atoms with Gasteiger partial charge < -0.3 is 14.5 Å². The molecule has 1 aromatic carbocycles. The molecule has 0 spiro atoms. The molecule has 0 aromatic heterocycles. The molecular weight excluding hydrogens is 391 g/mol. The highest BCUT2D eigenvalue weighted by Crippen LogP contribution is 2.19. The Bertz CT molecular complexity index is 660. The number of carbonyl (C=O) groups is 2. The van der Waals surface area contributed by atoms with Crippen LogP contribution < -0.4 is 0 Å². The highest BCUT2D eigenvalue weighted by atomic mass is 79.9. The number of ether oxygens (including phenoxy) is 1. The lowest BCUT2D eigenvalue weighted by Crippen LogP contribution is -2.56. The normalized spacial score (nSPS) is 18.2. The maximum absolute atomic E-state index is 13.6. The van der Waals surface area contributed by atoms with Crippen LogP contribution in [0.4, 0.5) is 9.18 Å². The van der Waals surface area contributed by atoms with E-state index in [2.05, 4.69) is 15.9 Å². The van der Waals surface area contributed by atoms with Gasteiger partial charge >= 0.3 is 6.09 Å². The van der Waals surface area contributed by atoms with Gasteiger partial charge in [-0.1, -0.05) is 6.07 Å². The standard InChI is InChI=1S/C18H24BrFN2O3/c1-12-11-21(7-8-22(12)17(24)25-18(2,3)4)16(23)10-13-5-6-14(19)15(20)9-13/h5-6,9,12H,7-8,10-11H2,1-4H3/t12-/m0/s1. The summed E-state index contributed by atoms with van der Waals surface area (Å²) in [6.45, 7) is 8.68. The van der Waals surface area contributed by atoms with E-state index in [0.717, 1.165) is 0 Å². The molecule has 0 bridgehead atoms. The van der Waals surface area contributed by atoms with Crippen LogP contribution in [0.5, 0.6) is 0 Å². The Hall–Kier alpha value is -1.63. The molecule has 5 nitrogen and oxygen atoms in total. The summed E-state index contributed by atoms with van der Waals surface area (Å²) in [7, 11) is 0. The fraction of sp³-hybridized carbons (Fsp3) is 0.556. The summed E-state index contributed by atoms with van der Waals surface area (Å²) in [5.41, 5.74) is 0.0861. The summed E-state index contributed by atoms with van der Waals surface area (Å²) < 4.78 is 19.4. The Kier molecular flexibility index (Phi) is 6.08. The van der Waals surface area contributed by atoms with Crippen molar-refractivity contribution in [3.63, 3.8) is 0 Å². The van der Waals surface area contributed by atoms with Gasteiger partial charge in [-0.15, -0.1) is 0 Å². The molecule has 0 N–H and O–H groups in total. The number of rotatable bonds is 2. The van der Waals surface area contributed by atoms with Crippen LogP contribution in [0.15, 0.2) is 22.7 Å². The van der Waals surface area contributed by atoms with E-state index < -0.39 is 5.60 Å². The van der Waals surface area contributed by atoms with Crippen molar-refractivity contribution in [2.24, 2.45) is 0 Å². The number of hydrogen-bond donors (Lipinski definition) is 0.